The number of halogens is 1. The molecule has 0 spiro atoms. The van der Waals surface area contributed by atoms with Crippen molar-refractivity contribution >= 4 is 11.5 Å². The zero-order valence-electron chi connectivity index (χ0n) is 7.46. The molecule has 1 aromatic rings. The van der Waals surface area contributed by atoms with Gasteiger partial charge in [0.2, 0.25) is 0 Å². The van der Waals surface area contributed by atoms with E-state index in [2.05, 4.69) is 0 Å². The van der Waals surface area contributed by atoms with Gasteiger partial charge in [0.15, 0.2) is 0 Å². The molecule has 0 radical (unpaired) electrons. The summed E-state index contributed by atoms with van der Waals surface area (Å²) < 4.78 is 12.8. The number of hydrogen-bond donors (Lipinski definition) is 1. The van der Waals surface area contributed by atoms with Crippen LogP contribution in [0, 0.1) is 5.82 Å². The molecule has 0 fully saturated rings. The molecular weight excluding hydrogens is 183 g/mol. The lowest BCUT2D eigenvalue weighted by Crippen LogP contribution is -1.96. The molecule has 0 bridgehead atoms. The second-order valence-electron chi connectivity index (χ2n) is 3.31. The van der Waals surface area contributed by atoms with Crippen LogP contribution < -0.4 is 0 Å². The fourth-order valence-corrected chi connectivity index (χ4v) is 1.72. The average molecular weight is 192 g/mol. The predicted octanol–water partition coefficient (Wildman–Crippen LogP) is 2.24. The fourth-order valence-electron chi connectivity index (χ4n) is 1.72. The zero-order chi connectivity index (χ0) is 10.1. The monoisotopic (exact) mass is 192 g/mol. The van der Waals surface area contributed by atoms with Gasteiger partial charge in [-0.05, 0) is 35.3 Å². The molecule has 1 aromatic carbocycles. The summed E-state index contributed by atoms with van der Waals surface area (Å²) in [6.45, 7) is 0. The second kappa shape index (κ2) is 3.25. The summed E-state index contributed by atoms with van der Waals surface area (Å²) in [6.07, 6.45) is 2.49. The molecule has 0 saturated carbocycles. The molecule has 72 valence electrons. The third-order valence-corrected chi connectivity index (χ3v) is 2.32. The number of hydrogen-bond acceptors (Lipinski definition) is 1. The molecule has 2 nitrogen and oxygen atoms in total. The van der Waals surface area contributed by atoms with Crippen molar-refractivity contribution in [3.63, 3.8) is 0 Å². The maximum Gasteiger partial charge on any atom is 0.307 e. The van der Waals surface area contributed by atoms with Crippen LogP contribution in [0.5, 0.6) is 0 Å². The Kier molecular flexibility index (Phi) is 2.08. The topological polar surface area (TPSA) is 37.3 Å². The van der Waals surface area contributed by atoms with Gasteiger partial charge in [-0.2, -0.15) is 0 Å². The van der Waals surface area contributed by atoms with E-state index in [0.717, 1.165) is 16.7 Å². The van der Waals surface area contributed by atoms with Crippen LogP contribution >= 0.6 is 0 Å². The SMILES string of the molecule is O=C(O)CC1=CCc2cc(F)ccc21. The van der Waals surface area contributed by atoms with E-state index in [-0.39, 0.29) is 12.2 Å². The van der Waals surface area contributed by atoms with Crippen LogP contribution in [0.4, 0.5) is 4.39 Å². The van der Waals surface area contributed by atoms with E-state index in [1.54, 1.807) is 6.07 Å². The van der Waals surface area contributed by atoms with E-state index in [9.17, 15) is 9.18 Å². The van der Waals surface area contributed by atoms with Gasteiger partial charge in [-0.15, -0.1) is 0 Å². The van der Waals surface area contributed by atoms with Gasteiger partial charge in [0.1, 0.15) is 5.82 Å². The van der Waals surface area contributed by atoms with Gasteiger partial charge in [-0.25, -0.2) is 4.39 Å². The summed E-state index contributed by atoms with van der Waals surface area (Å²) in [4.78, 5) is 10.5. The van der Waals surface area contributed by atoms with Gasteiger partial charge in [-0.1, -0.05) is 12.1 Å². The largest absolute Gasteiger partial charge is 0.481 e. The van der Waals surface area contributed by atoms with Crippen LogP contribution in [0.2, 0.25) is 0 Å². The lowest BCUT2D eigenvalue weighted by molar-refractivity contribution is -0.135. The highest BCUT2D eigenvalue weighted by Gasteiger charge is 2.16. The molecule has 1 aliphatic carbocycles. The van der Waals surface area contributed by atoms with E-state index >= 15 is 0 Å². The molecule has 1 aliphatic rings. The van der Waals surface area contributed by atoms with Crippen molar-refractivity contribution in [1.82, 2.24) is 0 Å². The lowest BCUT2D eigenvalue weighted by Gasteiger charge is -2.02. The molecule has 0 aliphatic heterocycles. The van der Waals surface area contributed by atoms with Crippen LogP contribution in [0.15, 0.2) is 24.3 Å². The normalized spacial score (nSPS) is 13.6. The van der Waals surface area contributed by atoms with E-state index < -0.39 is 5.97 Å². The first-order valence-electron chi connectivity index (χ1n) is 4.36. The van der Waals surface area contributed by atoms with Crippen LogP contribution in [0.25, 0.3) is 5.57 Å². The Labute approximate surface area is 80.7 Å². The Morgan fingerprint density at radius 1 is 1.50 bits per heavy atom. The summed E-state index contributed by atoms with van der Waals surface area (Å²) in [5.41, 5.74) is 2.53. The van der Waals surface area contributed by atoms with Crippen molar-refractivity contribution in [1.29, 1.82) is 0 Å². The number of benzene rings is 1. The van der Waals surface area contributed by atoms with Crippen LogP contribution in [-0.2, 0) is 11.2 Å². The van der Waals surface area contributed by atoms with E-state index in [1.807, 2.05) is 6.08 Å². The number of carboxylic acids is 1. The Balaban J connectivity index is 2.32. The quantitative estimate of drug-likeness (QED) is 0.780. The smallest absolute Gasteiger partial charge is 0.307 e. The predicted molar refractivity (Wildman–Crippen MR) is 50.3 cm³/mol. The highest BCUT2D eigenvalue weighted by Crippen LogP contribution is 2.29. The van der Waals surface area contributed by atoms with Crippen molar-refractivity contribution in [3.8, 4) is 0 Å². The summed E-state index contributed by atoms with van der Waals surface area (Å²) in [5.74, 6) is -1.12. The molecule has 14 heavy (non-hydrogen) atoms. The third-order valence-electron chi connectivity index (χ3n) is 2.32. The minimum Gasteiger partial charge on any atom is -0.481 e. The second-order valence-corrected chi connectivity index (χ2v) is 3.31. The lowest BCUT2D eigenvalue weighted by atomic mass is 10.0. The van der Waals surface area contributed by atoms with E-state index in [4.69, 9.17) is 5.11 Å². The maximum absolute atomic E-state index is 12.8. The molecule has 3 heteroatoms. The molecule has 0 amide bonds. The Hall–Kier alpha value is -1.64. The fraction of sp³-hybridized carbons (Fsp3) is 0.182. The molecule has 0 saturated heterocycles. The third kappa shape index (κ3) is 1.53. The summed E-state index contributed by atoms with van der Waals surface area (Å²) in [6, 6.07) is 4.47. The molecule has 1 N–H and O–H groups in total. The number of rotatable bonds is 2. The maximum atomic E-state index is 12.8. The first-order valence-corrected chi connectivity index (χ1v) is 4.36. The van der Waals surface area contributed by atoms with E-state index in [1.165, 1.54) is 12.1 Å². The minimum atomic E-state index is -0.853. The molecule has 2 rings (SSSR count). The van der Waals surface area contributed by atoms with Crippen LogP contribution in [-0.4, -0.2) is 11.1 Å². The zero-order valence-corrected chi connectivity index (χ0v) is 7.46. The Morgan fingerprint density at radius 3 is 3.00 bits per heavy atom. The average Bonchev–Trinajstić information content (AvgIpc) is 2.47. The van der Waals surface area contributed by atoms with Gasteiger partial charge in [0.05, 0.1) is 6.42 Å². The van der Waals surface area contributed by atoms with Gasteiger partial charge < -0.3 is 5.11 Å². The Morgan fingerprint density at radius 2 is 2.29 bits per heavy atom. The summed E-state index contributed by atoms with van der Waals surface area (Å²) in [5, 5.41) is 8.64. The number of fused-ring (bicyclic) bond motifs is 1. The summed E-state index contributed by atoms with van der Waals surface area (Å²) in [7, 11) is 0. The van der Waals surface area contributed by atoms with Gasteiger partial charge >= 0.3 is 5.97 Å². The number of carboxylic acid groups (broad SMARTS) is 1. The van der Waals surface area contributed by atoms with Gasteiger partial charge in [0.25, 0.3) is 0 Å². The molecule has 0 aromatic heterocycles. The molecule has 0 atom stereocenters. The van der Waals surface area contributed by atoms with Crippen LogP contribution in [0.3, 0.4) is 0 Å². The van der Waals surface area contributed by atoms with Gasteiger partial charge in [0, 0.05) is 0 Å². The molecule has 0 unspecified atom stereocenters. The Bertz CT molecular complexity index is 421. The first-order chi connectivity index (χ1) is 6.66. The van der Waals surface area contributed by atoms with Crippen molar-refractivity contribution < 1.29 is 14.3 Å². The minimum absolute atomic E-state index is 0.0125. The first kappa shape index (κ1) is 8.94. The van der Waals surface area contributed by atoms with Crippen molar-refractivity contribution in [2.75, 3.05) is 0 Å². The highest BCUT2D eigenvalue weighted by molar-refractivity contribution is 5.86. The molecule has 0 heterocycles. The van der Waals surface area contributed by atoms with Crippen molar-refractivity contribution in [3.05, 3.63) is 41.2 Å². The molecular formula is C11H9FO2. The van der Waals surface area contributed by atoms with Crippen LogP contribution in [0.1, 0.15) is 17.5 Å². The standard InChI is InChI=1S/C11H9FO2/c12-9-3-4-10-7(5-9)1-2-8(10)6-11(13)14/h2-5H,1,6H2,(H,13,14). The summed E-state index contributed by atoms with van der Waals surface area (Å²) >= 11 is 0. The number of aliphatic carboxylic acids is 1. The number of carbonyl (C=O) groups is 1. The van der Waals surface area contributed by atoms with Gasteiger partial charge in [-0.3, -0.25) is 4.79 Å². The van der Waals surface area contributed by atoms with Crippen molar-refractivity contribution in [2.24, 2.45) is 0 Å². The highest BCUT2D eigenvalue weighted by atomic mass is 19.1. The van der Waals surface area contributed by atoms with E-state index in [0.29, 0.717) is 6.42 Å². The number of allylic oxidation sites excluding steroid dienone is 1. The van der Waals surface area contributed by atoms with Crippen molar-refractivity contribution in [2.45, 2.75) is 12.8 Å².